The number of benzene rings is 1. The first-order valence-electron chi connectivity index (χ1n) is 4.78. The Bertz CT molecular complexity index is 663. The molecule has 0 aliphatic carbocycles. The van der Waals surface area contributed by atoms with Gasteiger partial charge in [-0.15, -0.1) is 0 Å². The van der Waals surface area contributed by atoms with Crippen molar-refractivity contribution in [1.82, 2.24) is 9.55 Å². The molecule has 0 aliphatic heterocycles. The summed E-state index contributed by atoms with van der Waals surface area (Å²) in [5.74, 6) is 0.740. The number of H-pyrrole nitrogens is 1. The molecule has 1 aromatic carbocycles. The van der Waals surface area contributed by atoms with Crippen LogP contribution in [0.25, 0.3) is 5.69 Å². The topological polar surface area (TPSA) is 47.0 Å². The predicted molar refractivity (Wildman–Crippen MR) is 71.5 cm³/mol. The van der Waals surface area contributed by atoms with Crippen molar-refractivity contribution in [2.75, 3.05) is 7.11 Å². The Kier molecular flexibility index (Phi) is 3.44. The van der Waals surface area contributed by atoms with Crippen molar-refractivity contribution in [2.45, 2.75) is 0 Å². The monoisotopic (exact) mass is 312 g/mol. The summed E-state index contributed by atoms with van der Waals surface area (Å²) >= 11 is 8.49. The molecule has 1 aromatic heterocycles. The lowest BCUT2D eigenvalue weighted by Crippen LogP contribution is -2.09. The van der Waals surface area contributed by atoms with Crippen molar-refractivity contribution in [3.05, 3.63) is 50.1 Å². The molecule has 0 bridgehead atoms. The summed E-state index contributed by atoms with van der Waals surface area (Å²) in [6, 6.07) is 6.98. The minimum atomic E-state index is -0.209. The summed E-state index contributed by atoms with van der Waals surface area (Å²) in [5.41, 5.74) is 0.637. The fraction of sp³-hybridized carbons (Fsp3) is 0.0909. The van der Waals surface area contributed by atoms with Gasteiger partial charge in [0.05, 0.1) is 11.6 Å². The third kappa shape index (κ3) is 2.48. The molecule has 1 heterocycles. The van der Waals surface area contributed by atoms with Crippen molar-refractivity contribution < 1.29 is 4.74 Å². The fourth-order valence-electron chi connectivity index (χ4n) is 1.43. The quantitative estimate of drug-likeness (QED) is 0.867. The predicted octanol–water partition coefficient (Wildman–Crippen LogP) is 2.67. The first kappa shape index (κ1) is 12.1. The van der Waals surface area contributed by atoms with Crippen LogP contribution in [0.2, 0.25) is 0 Å². The molecule has 0 fully saturated rings. The second-order valence-electron chi connectivity index (χ2n) is 3.30. The van der Waals surface area contributed by atoms with Gasteiger partial charge < -0.3 is 4.74 Å². The summed E-state index contributed by atoms with van der Waals surface area (Å²) in [5, 5.41) is 0. The SMILES string of the molecule is COc1ccc(-n2ccc(=O)[nH]c2=S)cc1Br. The number of aromatic amines is 1. The molecule has 0 saturated carbocycles. The van der Waals surface area contributed by atoms with Crippen molar-refractivity contribution >= 4 is 28.1 Å². The Morgan fingerprint density at radius 3 is 2.76 bits per heavy atom. The van der Waals surface area contributed by atoms with Crippen LogP contribution in [0.15, 0.2) is 39.7 Å². The molecule has 2 aromatic rings. The number of nitrogens with zero attached hydrogens (tertiary/aromatic N) is 1. The summed E-state index contributed by atoms with van der Waals surface area (Å²) in [4.78, 5) is 13.6. The molecule has 88 valence electrons. The van der Waals surface area contributed by atoms with Gasteiger partial charge in [-0.2, -0.15) is 0 Å². The van der Waals surface area contributed by atoms with E-state index in [0.717, 1.165) is 15.9 Å². The van der Waals surface area contributed by atoms with E-state index >= 15 is 0 Å². The third-order valence-corrected chi connectivity index (χ3v) is 3.16. The standard InChI is InChI=1S/C11H9BrN2O2S/c1-16-9-3-2-7(6-8(9)12)14-5-4-10(15)13-11(14)17/h2-6H,1H3,(H,13,15,17). The highest BCUT2D eigenvalue weighted by Crippen LogP contribution is 2.26. The smallest absolute Gasteiger partial charge is 0.251 e. The van der Waals surface area contributed by atoms with Gasteiger partial charge in [-0.05, 0) is 46.3 Å². The van der Waals surface area contributed by atoms with Crippen LogP contribution in [0, 0.1) is 4.77 Å². The molecule has 0 atom stereocenters. The third-order valence-electron chi connectivity index (χ3n) is 2.24. The Hall–Kier alpha value is -1.40. The zero-order valence-electron chi connectivity index (χ0n) is 8.94. The summed E-state index contributed by atoms with van der Waals surface area (Å²) in [6.45, 7) is 0. The number of methoxy groups -OCH3 is 1. The molecule has 0 unspecified atom stereocenters. The molecule has 0 saturated heterocycles. The highest BCUT2D eigenvalue weighted by Gasteiger charge is 2.03. The van der Waals surface area contributed by atoms with Crippen molar-refractivity contribution in [1.29, 1.82) is 0 Å². The Morgan fingerprint density at radius 2 is 2.18 bits per heavy atom. The van der Waals surface area contributed by atoms with E-state index < -0.39 is 0 Å². The van der Waals surface area contributed by atoms with E-state index in [2.05, 4.69) is 20.9 Å². The van der Waals surface area contributed by atoms with Crippen molar-refractivity contribution in [2.24, 2.45) is 0 Å². The van der Waals surface area contributed by atoms with Crippen molar-refractivity contribution in [3.8, 4) is 11.4 Å². The van der Waals surface area contributed by atoms with E-state index in [9.17, 15) is 4.79 Å². The van der Waals surface area contributed by atoms with Crippen LogP contribution >= 0.6 is 28.1 Å². The van der Waals surface area contributed by atoms with Crippen LogP contribution in [-0.4, -0.2) is 16.7 Å². The lowest BCUT2D eigenvalue weighted by atomic mass is 10.3. The van der Waals surface area contributed by atoms with Gasteiger partial charge in [0, 0.05) is 18.0 Å². The number of hydrogen-bond acceptors (Lipinski definition) is 3. The average Bonchev–Trinajstić information content (AvgIpc) is 2.29. The number of ether oxygens (including phenoxy) is 1. The van der Waals surface area contributed by atoms with Gasteiger partial charge in [-0.3, -0.25) is 14.3 Å². The van der Waals surface area contributed by atoms with Gasteiger partial charge in [0.15, 0.2) is 4.77 Å². The molecule has 4 nitrogen and oxygen atoms in total. The second kappa shape index (κ2) is 4.85. The van der Waals surface area contributed by atoms with Crippen LogP contribution in [0.1, 0.15) is 0 Å². The van der Waals surface area contributed by atoms with Crippen molar-refractivity contribution in [3.63, 3.8) is 0 Å². The summed E-state index contributed by atoms with van der Waals surface area (Å²) in [6.07, 6.45) is 1.63. The fourth-order valence-corrected chi connectivity index (χ4v) is 2.22. The summed E-state index contributed by atoms with van der Waals surface area (Å²) in [7, 11) is 1.60. The first-order chi connectivity index (χ1) is 8.11. The van der Waals surface area contributed by atoms with Crippen LogP contribution in [0.4, 0.5) is 0 Å². The van der Waals surface area contributed by atoms with Gasteiger partial charge in [0.1, 0.15) is 5.75 Å². The van der Waals surface area contributed by atoms with E-state index in [1.807, 2.05) is 18.2 Å². The number of hydrogen-bond donors (Lipinski definition) is 1. The molecule has 0 spiro atoms. The first-order valence-corrected chi connectivity index (χ1v) is 5.98. The minimum absolute atomic E-state index is 0.209. The largest absolute Gasteiger partial charge is 0.496 e. The van der Waals surface area contributed by atoms with Gasteiger partial charge in [0.25, 0.3) is 5.56 Å². The molecule has 0 radical (unpaired) electrons. The maximum Gasteiger partial charge on any atom is 0.251 e. The molecule has 2 rings (SSSR count). The maximum absolute atomic E-state index is 11.1. The zero-order chi connectivity index (χ0) is 12.4. The Morgan fingerprint density at radius 1 is 1.41 bits per heavy atom. The summed E-state index contributed by atoms with van der Waals surface area (Å²) < 4.78 is 8.04. The highest BCUT2D eigenvalue weighted by atomic mass is 79.9. The van der Waals surface area contributed by atoms with E-state index in [1.165, 1.54) is 6.07 Å². The number of nitrogens with one attached hydrogen (secondary N) is 1. The van der Waals surface area contributed by atoms with E-state index in [0.29, 0.717) is 4.77 Å². The molecule has 0 amide bonds. The van der Waals surface area contributed by atoms with Gasteiger partial charge >= 0.3 is 0 Å². The molecular weight excluding hydrogens is 304 g/mol. The van der Waals surface area contributed by atoms with E-state index in [4.69, 9.17) is 17.0 Å². The van der Waals surface area contributed by atoms with E-state index in [1.54, 1.807) is 17.9 Å². The molecule has 17 heavy (non-hydrogen) atoms. The number of aromatic nitrogens is 2. The lowest BCUT2D eigenvalue weighted by Gasteiger charge is -2.08. The highest BCUT2D eigenvalue weighted by molar-refractivity contribution is 9.10. The second-order valence-corrected chi connectivity index (χ2v) is 4.54. The van der Waals surface area contributed by atoms with Crippen LogP contribution in [0.5, 0.6) is 5.75 Å². The van der Waals surface area contributed by atoms with Crippen LogP contribution < -0.4 is 10.3 Å². The van der Waals surface area contributed by atoms with E-state index in [-0.39, 0.29) is 5.56 Å². The van der Waals surface area contributed by atoms with Gasteiger partial charge in [-0.25, -0.2) is 0 Å². The number of rotatable bonds is 2. The molecule has 1 N–H and O–H groups in total. The Balaban J connectivity index is 2.57. The normalized spacial score (nSPS) is 10.2. The minimum Gasteiger partial charge on any atom is -0.496 e. The zero-order valence-corrected chi connectivity index (χ0v) is 11.3. The van der Waals surface area contributed by atoms with Gasteiger partial charge in [0.2, 0.25) is 0 Å². The Labute approximate surface area is 111 Å². The molecule has 0 aliphatic rings. The van der Waals surface area contributed by atoms with Crippen LogP contribution in [0.3, 0.4) is 0 Å². The maximum atomic E-state index is 11.1. The molecular formula is C11H9BrN2O2S. The number of halogens is 1. The molecule has 6 heteroatoms. The average molecular weight is 313 g/mol. The van der Waals surface area contributed by atoms with Crippen LogP contribution in [-0.2, 0) is 0 Å². The van der Waals surface area contributed by atoms with Gasteiger partial charge in [-0.1, -0.05) is 0 Å². The lowest BCUT2D eigenvalue weighted by molar-refractivity contribution is 0.412.